The summed E-state index contributed by atoms with van der Waals surface area (Å²) in [5.41, 5.74) is -1.16. The first kappa shape index (κ1) is 41.2. The van der Waals surface area contributed by atoms with Gasteiger partial charge in [-0.1, -0.05) is 0 Å². The van der Waals surface area contributed by atoms with Crippen LogP contribution in [0, 0.1) is 0 Å². The number of aliphatic hydroxyl groups excluding tert-OH is 9. The van der Waals surface area contributed by atoms with Gasteiger partial charge in [-0.15, -0.1) is 0 Å². The van der Waals surface area contributed by atoms with Gasteiger partial charge in [-0.3, -0.25) is 4.79 Å². The van der Waals surface area contributed by atoms with Gasteiger partial charge in [-0.05, 0) is 38.1 Å². The number of aromatic hydroxyl groups is 2. The van der Waals surface area contributed by atoms with Crippen LogP contribution in [0.4, 0.5) is 0 Å². The molecule has 15 atom stereocenters. The van der Waals surface area contributed by atoms with Crippen molar-refractivity contribution in [2.24, 2.45) is 0 Å². The van der Waals surface area contributed by atoms with Crippen LogP contribution in [0.3, 0.4) is 0 Å². The van der Waals surface area contributed by atoms with Gasteiger partial charge in [0.25, 0.3) is 0 Å². The van der Waals surface area contributed by atoms with Crippen LogP contribution in [0.1, 0.15) is 13.8 Å². The van der Waals surface area contributed by atoms with Gasteiger partial charge >= 0.3 is 0 Å². The Morgan fingerprint density at radius 1 is 0.642 bits per heavy atom. The molecule has 0 saturated carbocycles. The maximum Gasteiger partial charge on any atom is 0.239 e. The van der Waals surface area contributed by atoms with Crippen LogP contribution < -0.4 is 14.9 Å². The second-order valence-corrected chi connectivity index (χ2v) is 12.9. The summed E-state index contributed by atoms with van der Waals surface area (Å²) in [7, 11) is 0. The van der Waals surface area contributed by atoms with E-state index in [1.165, 1.54) is 44.2 Å². The van der Waals surface area contributed by atoms with Gasteiger partial charge in [0.1, 0.15) is 89.3 Å². The molecule has 3 aliphatic rings. The molecular weight excluding hydrogens is 808 g/mol. The van der Waals surface area contributed by atoms with Crippen molar-refractivity contribution < 1.29 is 111 Å². The molecule has 3 saturated heterocycles. The minimum atomic E-state index is -1.98. The topological polar surface area (TPSA) is 308 Å². The number of aliphatic hydroxyl groups is 9. The Hall–Kier alpha value is -2.93. The quantitative estimate of drug-likeness (QED) is 0.101. The Morgan fingerprint density at radius 3 is 1.77 bits per heavy atom. The summed E-state index contributed by atoms with van der Waals surface area (Å²) in [4.78, 5) is 14.0. The van der Waals surface area contributed by atoms with E-state index in [0.717, 1.165) is 6.07 Å². The molecule has 3 fully saturated rings. The largest absolute Gasteiger partial charge is 0.508 e. The van der Waals surface area contributed by atoms with Gasteiger partial charge in [0.15, 0.2) is 12.1 Å². The van der Waals surface area contributed by atoms with E-state index in [1.54, 1.807) is 0 Å². The Labute approximate surface area is 315 Å². The predicted molar refractivity (Wildman–Crippen MR) is 170 cm³/mol. The number of rotatable bonds is 8. The van der Waals surface area contributed by atoms with Crippen molar-refractivity contribution in [2.45, 2.75) is 106 Å². The molecule has 3 aromatic rings. The second kappa shape index (κ2) is 16.4. The van der Waals surface area contributed by atoms with Crippen LogP contribution in [-0.4, -0.2) is 155 Å². The molecule has 11 N–H and O–H groups in total. The van der Waals surface area contributed by atoms with Gasteiger partial charge in [0.2, 0.25) is 23.8 Å². The zero-order valence-corrected chi connectivity index (χ0v) is 29.3. The summed E-state index contributed by atoms with van der Waals surface area (Å²) in [6.07, 6.45) is -23.5. The third-order valence-corrected chi connectivity index (χ3v) is 9.23. The van der Waals surface area contributed by atoms with Gasteiger partial charge < -0.3 is 89.0 Å². The van der Waals surface area contributed by atoms with Gasteiger partial charge in [0.05, 0.1) is 18.8 Å². The molecular formula is C33H40AgO19. The Balaban J connectivity index is 0.00000541. The molecule has 20 heteroatoms. The number of phenols is 2. The molecule has 1 aromatic heterocycles. The number of phenolic OH excluding ortho intramolecular Hbond substituents is 2. The van der Waals surface area contributed by atoms with Crippen molar-refractivity contribution in [3.63, 3.8) is 0 Å². The Morgan fingerprint density at radius 2 is 1.17 bits per heavy atom. The van der Waals surface area contributed by atoms with Gasteiger partial charge in [-0.2, -0.15) is 0 Å². The van der Waals surface area contributed by atoms with Crippen LogP contribution in [0.15, 0.2) is 45.6 Å². The Kier molecular flexibility index (Phi) is 12.8. The molecule has 0 spiro atoms. The molecule has 0 aliphatic carbocycles. The molecule has 2 aromatic carbocycles. The van der Waals surface area contributed by atoms with Gasteiger partial charge in [-0.25, -0.2) is 0 Å². The van der Waals surface area contributed by atoms with Crippen LogP contribution in [0.25, 0.3) is 22.3 Å². The van der Waals surface area contributed by atoms with Crippen molar-refractivity contribution in [1.29, 1.82) is 0 Å². The summed E-state index contributed by atoms with van der Waals surface area (Å²) in [6, 6.07) is 7.38. The number of hydrogen-bond donors (Lipinski definition) is 11. The summed E-state index contributed by atoms with van der Waals surface area (Å²) in [6.45, 7) is 2.25. The monoisotopic (exact) mass is 847 g/mol. The van der Waals surface area contributed by atoms with Crippen molar-refractivity contribution >= 4 is 11.0 Å². The van der Waals surface area contributed by atoms with Crippen molar-refractivity contribution in [3.8, 4) is 34.3 Å². The van der Waals surface area contributed by atoms with Crippen molar-refractivity contribution in [2.75, 3.05) is 6.61 Å². The molecule has 0 unspecified atom stereocenters. The normalized spacial score (nSPS) is 37.5. The molecule has 0 amide bonds. The molecule has 1 radical (unpaired) electrons. The van der Waals surface area contributed by atoms with E-state index in [0.29, 0.717) is 0 Å². The average molecular weight is 849 g/mol. The van der Waals surface area contributed by atoms with Crippen molar-refractivity contribution in [1.82, 2.24) is 0 Å². The second-order valence-electron chi connectivity index (χ2n) is 12.9. The summed E-state index contributed by atoms with van der Waals surface area (Å²) < 4.78 is 39.5. The molecule has 19 nitrogen and oxygen atoms in total. The third-order valence-electron chi connectivity index (χ3n) is 9.23. The number of hydrogen-bond acceptors (Lipinski definition) is 19. The van der Waals surface area contributed by atoms with Gasteiger partial charge in [0, 0.05) is 40.1 Å². The SMILES string of the molecule is C[C@@H]1O[C@@H](OC[C@H]2O[C@@H](Oc3c(-c4ccc(O)cc4)oc4cc(O[C@@H]5O[C@@H](C)[C@H](O)[C@@H](O)[C@H]5O)cc(O)c4c3=O)[C@H](O)[C@@H](O)[C@H]2O)[C@H](O)[C@H](O)[C@H]1O.[Ag]. The molecule has 297 valence electrons. The smallest absolute Gasteiger partial charge is 0.239 e. The minimum absolute atomic E-state index is 0. The number of benzene rings is 2. The van der Waals surface area contributed by atoms with Crippen LogP contribution in [-0.2, 0) is 41.3 Å². The fourth-order valence-corrected chi connectivity index (χ4v) is 6.09. The maximum atomic E-state index is 14.0. The average Bonchev–Trinajstić information content (AvgIpc) is 3.11. The van der Waals surface area contributed by atoms with E-state index < -0.39 is 121 Å². The molecule has 53 heavy (non-hydrogen) atoms. The fourth-order valence-electron chi connectivity index (χ4n) is 6.09. The number of fused-ring (bicyclic) bond motifs is 1. The van der Waals surface area contributed by atoms with E-state index in [-0.39, 0.29) is 50.8 Å². The molecule has 0 bridgehead atoms. The van der Waals surface area contributed by atoms with Crippen LogP contribution in [0.2, 0.25) is 0 Å². The first-order chi connectivity index (χ1) is 24.6. The molecule has 4 heterocycles. The predicted octanol–water partition coefficient (Wildman–Crippen LogP) is -2.89. The van der Waals surface area contributed by atoms with Crippen LogP contribution >= 0.6 is 0 Å². The van der Waals surface area contributed by atoms with Crippen molar-refractivity contribution in [3.05, 3.63) is 46.6 Å². The zero-order valence-electron chi connectivity index (χ0n) is 27.8. The maximum absolute atomic E-state index is 14.0. The molecule has 6 rings (SSSR count). The Bertz CT molecular complexity index is 1770. The third kappa shape index (κ3) is 8.07. The summed E-state index contributed by atoms with van der Waals surface area (Å²) in [5, 5.41) is 114. The van der Waals surface area contributed by atoms with E-state index in [1.807, 2.05) is 0 Å². The summed E-state index contributed by atoms with van der Waals surface area (Å²) in [5.74, 6) is -2.01. The first-order valence-electron chi connectivity index (χ1n) is 16.2. The first-order valence-corrected chi connectivity index (χ1v) is 16.2. The van der Waals surface area contributed by atoms with E-state index in [4.69, 9.17) is 32.8 Å². The minimum Gasteiger partial charge on any atom is -0.508 e. The van der Waals surface area contributed by atoms with Crippen LogP contribution in [0.5, 0.6) is 23.0 Å². The summed E-state index contributed by atoms with van der Waals surface area (Å²) >= 11 is 0. The number of ether oxygens (including phenoxy) is 6. The van der Waals surface area contributed by atoms with E-state index in [9.17, 15) is 61.0 Å². The zero-order chi connectivity index (χ0) is 37.8. The molecule has 3 aliphatic heterocycles. The van der Waals surface area contributed by atoms with E-state index >= 15 is 0 Å². The van der Waals surface area contributed by atoms with E-state index in [2.05, 4.69) is 0 Å². The fraction of sp³-hybridized carbons (Fsp3) is 0.545. The standard InChI is InChI=1S/C33H40O19.Ag/c1-10-19(36)23(40)26(43)31(47-10)46-9-17-21(38)25(42)28(45)33(51-17)52-30-22(39)18-15(35)7-14(49-32-27(44)24(41)20(37)11(2)48-32)8-16(18)50-29(30)12-3-5-13(34)6-4-12;/h3-8,10-11,17,19-21,23-28,31-38,40-45H,9H2,1-2H3;/t10-,11-,17+,19-,20-,21-,23+,24+,25-,26+,27+,28+,31+,32-,33-;/m0./s1.